The van der Waals surface area contributed by atoms with Gasteiger partial charge in [0.1, 0.15) is 0 Å². The first kappa shape index (κ1) is 7.55. The third-order valence-corrected chi connectivity index (χ3v) is 1.93. The minimum Gasteiger partial charge on any atom is -0.377 e. The van der Waals surface area contributed by atoms with Gasteiger partial charge in [0.25, 0.3) is 0 Å². The standard InChI is InChI=1S/C9H14O/c1-7-4-5-8(2)9(6-7)10-3/h4-5,9H,6H2,1-3H3. The van der Waals surface area contributed by atoms with E-state index in [-0.39, 0.29) is 0 Å². The van der Waals surface area contributed by atoms with E-state index in [0.717, 1.165) is 6.42 Å². The van der Waals surface area contributed by atoms with E-state index in [0.29, 0.717) is 6.10 Å². The highest BCUT2D eigenvalue weighted by atomic mass is 16.5. The van der Waals surface area contributed by atoms with Gasteiger partial charge in [-0.2, -0.15) is 0 Å². The molecule has 0 aromatic heterocycles. The topological polar surface area (TPSA) is 9.23 Å². The first-order valence-corrected chi connectivity index (χ1v) is 3.61. The number of methoxy groups -OCH3 is 1. The van der Waals surface area contributed by atoms with E-state index in [2.05, 4.69) is 26.0 Å². The maximum Gasteiger partial charge on any atom is 0.0818 e. The molecule has 0 amide bonds. The molecule has 1 aliphatic rings. The molecule has 1 heteroatoms. The van der Waals surface area contributed by atoms with E-state index in [9.17, 15) is 0 Å². The zero-order valence-electron chi connectivity index (χ0n) is 6.85. The molecule has 0 spiro atoms. The van der Waals surface area contributed by atoms with Crippen molar-refractivity contribution in [2.45, 2.75) is 26.4 Å². The Hall–Kier alpha value is -0.560. The molecule has 0 N–H and O–H groups in total. The molecule has 1 aliphatic carbocycles. The molecule has 1 nitrogen and oxygen atoms in total. The average molecular weight is 138 g/mol. The van der Waals surface area contributed by atoms with Crippen LogP contribution in [0.1, 0.15) is 20.3 Å². The Morgan fingerprint density at radius 1 is 1.40 bits per heavy atom. The second-order valence-electron chi connectivity index (χ2n) is 2.85. The zero-order chi connectivity index (χ0) is 7.56. The minimum atomic E-state index is 0.324. The average Bonchev–Trinajstić information content (AvgIpc) is 1.94. The van der Waals surface area contributed by atoms with Gasteiger partial charge in [-0.05, 0) is 25.8 Å². The van der Waals surface area contributed by atoms with E-state index < -0.39 is 0 Å². The van der Waals surface area contributed by atoms with Crippen molar-refractivity contribution in [2.75, 3.05) is 7.11 Å². The monoisotopic (exact) mass is 138 g/mol. The number of rotatable bonds is 1. The summed E-state index contributed by atoms with van der Waals surface area (Å²) in [6, 6.07) is 0. The van der Waals surface area contributed by atoms with Gasteiger partial charge in [0, 0.05) is 7.11 Å². The van der Waals surface area contributed by atoms with Crippen molar-refractivity contribution in [2.24, 2.45) is 0 Å². The van der Waals surface area contributed by atoms with Gasteiger partial charge >= 0.3 is 0 Å². The number of ether oxygens (including phenoxy) is 1. The Balaban J connectivity index is 2.68. The van der Waals surface area contributed by atoms with Crippen LogP contribution in [0, 0.1) is 0 Å². The molecular weight excluding hydrogens is 124 g/mol. The summed E-state index contributed by atoms with van der Waals surface area (Å²) in [5, 5.41) is 0. The maximum absolute atomic E-state index is 5.26. The van der Waals surface area contributed by atoms with Crippen molar-refractivity contribution >= 4 is 0 Å². The van der Waals surface area contributed by atoms with Crippen molar-refractivity contribution in [3.63, 3.8) is 0 Å². The Labute approximate surface area is 62.4 Å². The second-order valence-corrected chi connectivity index (χ2v) is 2.85. The molecule has 56 valence electrons. The Morgan fingerprint density at radius 3 is 2.60 bits per heavy atom. The lowest BCUT2D eigenvalue weighted by atomic mass is 9.98. The predicted molar refractivity (Wildman–Crippen MR) is 42.9 cm³/mol. The van der Waals surface area contributed by atoms with Gasteiger partial charge in [-0.15, -0.1) is 0 Å². The van der Waals surface area contributed by atoms with Crippen molar-refractivity contribution < 1.29 is 4.74 Å². The summed E-state index contributed by atoms with van der Waals surface area (Å²) in [5.74, 6) is 0. The molecule has 10 heavy (non-hydrogen) atoms. The second kappa shape index (κ2) is 3.02. The predicted octanol–water partition coefficient (Wildman–Crippen LogP) is 2.30. The summed E-state index contributed by atoms with van der Waals surface area (Å²) in [6.07, 6.45) is 5.67. The van der Waals surface area contributed by atoms with Crippen LogP contribution < -0.4 is 0 Å². The fraction of sp³-hybridized carbons (Fsp3) is 0.556. The fourth-order valence-electron chi connectivity index (χ4n) is 1.17. The number of hydrogen-bond acceptors (Lipinski definition) is 1. The normalized spacial score (nSPS) is 25.7. The third-order valence-electron chi connectivity index (χ3n) is 1.93. The highest BCUT2D eigenvalue weighted by molar-refractivity contribution is 5.25. The summed E-state index contributed by atoms with van der Waals surface area (Å²) >= 11 is 0. The van der Waals surface area contributed by atoms with Crippen LogP contribution in [0.5, 0.6) is 0 Å². The molecule has 0 aromatic rings. The first-order chi connectivity index (χ1) is 4.74. The summed E-state index contributed by atoms with van der Waals surface area (Å²) in [4.78, 5) is 0. The largest absolute Gasteiger partial charge is 0.377 e. The Morgan fingerprint density at radius 2 is 2.10 bits per heavy atom. The lowest BCUT2D eigenvalue weighted by molar-refractivity contribution is 0.130. The summed E-state index contributed by atoms with van der Waals surface area (Å²) in [5.41, 5.74) is 2.73. The van der Waals surface area contributed by atoms with Gasteiger partial charge in [0.05, 0.1) is 6.10 Å². The first-order valence-electron chi connectivity index (χ1n) is 3.61. The quantitative estimate of drug-likeness (QED) is 0.540. The fourth-order valence-corrected chi connectivity index (χ4v) is 1.17. The molecular formula is C9H14O. The number of allylic oxidation sites excluding steroid dienone is 2. The van der Waals surface area contributed by atoms with Crippen LogP contribution in [-0.4, -0.2) is 13.2 Å². The van der Waals surface area contributed by atoms with E-state index in [4.69, 9.17) is 4.74 Å². The molecule has 0 saturated heterocycles. The van der Waals surface area contributed by atoms with Crippen LogP contribution in [0.15, 0.2) is 23.3 Å². The van der Waals surface area contributed by atoms with E-state index in [1.807, 2.05) is 0 Å². The molecule has 0 aliphatic heterocycles. The van der Waals surface area contributed by atoms with Crippen LogP contribution in [0.2, 0.25) is 0 Å². The number of hydrogen-bond donors (Lipinski definition) is 0. The third kappa shape index (κ3) is 1.48. The van der Waals surface area contributed by atoms with Crippen LogP contribution in [0.25, 0.3) is 0 Å². The lowest BCUT2D eigenvalue weighted by Gasteiger charge is -2.19. The summed E-state index contributed by atoms with van der Waals surface area (Å²) in [7, 11) is 1.76. The van der Waals surface area contributed by atoms with Crippen molar-refractivity contribution in [1.82, 2.24) is 0 Å². The summed E-state index contributed by atoms with van der Waals surface area (Å²) < 4.78 is 5.26. The van der Waals surface area contributed by atoms with Crippen molar-refractivity contribution in [1.29, 1.82) is 0 Å². The van der Waals surface area contributed by atoms with Crippen molar-refractivity contribution in [3.8, 4) is 0 Å². The summed E-state index contributed by atoms with van der Waals surface area (Å²) in [6.45, 7) is 4.24. The van der Waals surface area contributed by atoms with Gasteiger partial charge in [-0.1, -0.05) is 17.7 Å². The SMILES string of the molecule is COC1CC(C)=CC=C1C. The van der Waals surface area contributed by atoms with Crippen molar-refractivity contribution in [3.05, 3.63) is 23.3 Å². The van der Waals surface area contributed by atoms with Crippen LogP contribution in [0.4, 0.5) is 0 Å². The molecule has 0 heterocycles. The molecule has 0 radical (unpaired) electrons. The molecule has 1 atom stereocenters. The van der Waals surface area contributed by atoms with E-state index in [1.54, 1.807) is 7.11 Å². The smallest absolute Gasteiger partial charge is 0.0818 e. The van der Waals surface area contributed by atoms with E-state index >= 15 is 0 Å². The highest BCUT2D eigenvalue weighted by Gasteiger charge is 2.12. The molecule has 0 saturated carbocycles. The molecule has 0 bridgehead atoms. The Kier molecular flexibility index (Phi) is 2.28. The van der Waals surface area contributed by atoms with Gasteiger partial charge in [-0.25, -0.2) is 0 Å². The zero-order valence-corrected chi connectivity index (χ0v) is 6.85. The highest BCUT2D eigenvalue weighted by Crippen LogP contribution is 2.19. The molecule has 0 fully saturated rings. The van der Waals surface area contributed by atoms with Gasteiger partial charge in [-0.3, -0.25) is 0 Å². The maximum atomic E-state index is 5.26. The molecule has 0 aromatic carbocycles. The molecule has 1 rings (SSSR count). The van der Waals surface area contributed by atoms with Gasteiger partial charge in [0.15, 0.2) is 0 Å². The van der Waals surface area contributed by atoms with Crippen LogP contribution in [-0.2, 0) is 4.74 Å². The van der Waals surface area contributed by atoms with E-state index in [1.165, 1.54) is 11.1 Å². The minimum absolute atomic E-state index is 0.324. The van der Waals surface area contributed by atoms with Gasteiger partial charge in [0.2, 0.25) is 0 Å². The Bertz CT molecular complexity index is 177. The van der Waals surface area contributed by atoms with Crippen LogP contribution in [0.3, 0.4) is 0 Å². The molecule has 1 unspecified atom stereocenters. The lowest BCUT2D eigenvalue weighted by Crippen LogP contribution is -2.14. The van der Waals surface area contributed by atoms with Gasteiger partial charge < -0.3 is 4.74 Å². The van der Waals surface area contributed by atoms with Crippen LogP contribution >= 0.6 is 0 Å².